The maximum atomic E-state index is 4.47. The molecule has 1 aliphatic heterocycles. The van der Waals surface area contributed by atoms with E-state index in [4.69, 9.17) is 0 Å². The zero-order chi connectivity index (χ0) is 12.4. The van der Waals surface area contributed by atoms with E-state index in [1.807, 2.05) is 17.9 Å². The molecule has 0 amide bonds. The Hall–Kier alpha value is -0.870. The standard InChI is InChI=1S/C14H24N4/c1-17-8-6-14(16-17)11-18-7-2-3-12(10-18)9-15-13-4-5-13/h6,8,12-13,15H,2-5,7,9-11H2,1H3. The number of nitrogens with one attached hydrogen (secondary N) is 1. The third-order valence-corrected chi connectivity index (χ3v) is 4.03. The average molecular weight is 248 g/mol. The van der Waals surface area contributed by atoms with E-state index >= 15 is 0 Å². The molecule has 0 bridgehead atoms. The molecular weight excluding hydrogens is 224 g/mol. The molecule has 3 rings (SSSR count). The number of nitrogens with zero attached hydrogens (tertiary/aromatic N) is 3. The molecule has 1 atom stereocenters. The van der Waals surface area contributed by atoms with E-state index in [9.17, 15) is 0 Å². The SMILES string of the molecule is Cn1ccc(CN2CCCC(CNC3CC3)C2)n1. The van der Waals surface area contributed by atoms with Gasteiger partial charge < -0.3 is 5.32 Å². The summed E-state index contributed by atoms with van der Waals surface area (Å²) in [4.78, 5) is 2.56. The summed E-state index contributed by atoms with van der Waals surface area (Å²) in [5.41, 5.74) is 1.20. The van der Waals surface area contributed by atoms with Gasteiger partial charge in [0.15, 0.2) is 0 Å². The summed E-state index contributed by atoms with van der Waals surface area (Å²) in [6, 6.07) is 2.97. The van der Waals surface area contributed by atoms with E-state index in [2.05, 4.69) is 21.4 Å². The number of likely N-dealkylation sites (tertiary alicyclic amines) is 1. The lowest BCUT2D eigenvalue weighted by atomic mass is 9.98. The molecule has 18 heavy (non-hydrogen) atoms. The van der Waals surface area contributed by atoms with Crippen molar-refractivity contribution in [2.45, 2.75) is 38.3 Å². The summed E-state index contributed by atoms with van der Waals surface area (Å²) in [5.74, 6) is 0.836. The van der Waals surface area contributed by atoms with E-state index < -0.39 is 0 Å². The highest BCUT2D eigenvalue weighted by Crippen LogP contribution is 2.21. The quantitative estimate of drug-likeness (QED) is 0.854. The van der Waals surface area contributed by atoms with E-state index in [-0.39, 0.29) is 0 Å². The summed E-state index contributed by atoms with van der Waals surface area (Å²) in [7, 11) is 1.99. The van der Waals surface area contributed by atoms with Crippen molar-refractivity contribution < 1.29 is 0 Å². The molecule has 1 aromatic rings. The molecule has 0 aromatic carbocycles. The molecule has 2 heterocycles. The van der Waals surface area contributed by atoms with Gasteiger partial charge in [-0.2, -0.15) is 5.10 Å². The third kappa shape index (κ3) is 3.33. The number of aryl methyl sites for hydroxylation is 1. The second kappa shape index (κ2) is 5.41. The predicted octanol–water partition coefficient (Wildman–Crippen LogP) is 1.38. The fourth-order valence-corrected chi connectivity index (χ4v) is 2.86. The molecule has 1 aliphatic carbocycles. The average Bonchev–Trinajstić information content (AvgIpc) is 3.11. The Morgan fingerprint density at radius 3 is 3.00 bits per heavy atom. The molecule has 0 radical (unpaired) electrons. The third-order valence-electron chi connectivity index (χ3n) is 4.03. The van der Waals surface area contributed by atoms with Gasteiger partial charge in [0.25, 0.3) is 0 Å². The summed E-state index contributed by atoms with van der Waals surface area (Å²) in [6.07, 6.45) is 7.54. The van der Waals surface area contributed by atoms with Crippen LogP contribution in [0.2, 0.25) is 0 Å². The Bertz CT molecular complexity index is 383. The smallest absolute Gasteiger partial charge is 0.0764 e. The van der Waals surface area contributed by atoms with Crippen LogP contribution >= 0.6 is 0 Å². The number of hydrogen-bond acceptors (Lipinski definition) is 3. The highest BCUT2D eigenvalue weighted by atomic mass is 15.3. The van der Waals surface area contributed by atoms with Gasteiger partial charge in [-0.05, 0) is 50.8 Å². The molecular formula is C14H24N4. The Morgan fingerprint density at radius 1 is 1.39 bits per heavy atom. The van der Waals surface area contributed by atoms with Crippen LogP contribution in [0.4, 0.5) is 0 Å². The fourth-order valence-electron chi connectivity index (χ4n) is 2.86. The summed E-state index contributed by atoms with van der Waals surface area (Å²) < 4.78 is 1.89. The van der Waals surface area contributed by atoms with Gasteiger partial charge in [-0.3, -0.25) is 9.58 Å². The molecule has 1 saturated heterocycles. The Labute approximate surface area is 109 Å². The minimum absolute atomic E-state index is 0.836. The van der Waals surface area contributed by atoms with Crippen molar-refractivity contribution in [3.8, 4) is 0 Å². The van der Waals surface area contributed by atoms with Crippen LogP contribution in [0, 0.1) is 5.92 Å². The Kier molecular flexibility index (Phi) is 3.66. The number of hydrogen-bond donors (Lipinski definition) is 1. The van der Waals surface area contributed by atoms with E-state index in [1.54, 1.807) is 0 Å². The summed E-state index contributed by atoms with van der Waals surface area (Å²) in [6.45, 7) is 4.69. The first-order chi connectivity index (χ1) is 8.79. The minimum atomic E-state index is 0.836. The van der Waals surface area contributed by atoms with Crippen LogP contribution in [0.25, 0.3) is 0 Å². The van der Waals surface area contributed by atoms with Crippen LogP contribution < -0.4 is 5.32 Å². The molecule has 100 valence electrons. The Morgan fingerprint density at radius 2 is 2.28 bits per heavy atom. The molecule has 4 nitrogen and oxygen atoms in total. The summed E-state index contributed by atoms with van der Waals surface area (Å²) in [5, 5.41) is 8.14. The summed E-state index contributed by atoms with van der Waals surface area (Å²) >= 11 is 0. The monoisotopic (exact) mass is 248 g/mol. The molecule has 2 fully saturated rings. The maximum Gasteiger partial charge on any atom is 0.0764 e. The lowest BCUT2D eigenvalue weighted by Crippen LogP contribution is -2.39. The lowest BCUT2D eigenvalue weighted by molar-refractivity contribution is 0.163. The van der Waals surface area contributed by atoms with Crippen LogP contribution in [-0.2, 0) is 13.6 Å². The van der Waals surface area contributed by atoms with Gasteiger partial charge in [-0.15, -0.1) is 0 Å². The van der Waals surface area contributed by atoms with Crippen molar-refractivity contribution in [2.75, 3.05) is 19.6 Å². The highest BCUT2D eigenvalue weighted by molar-refractivity contribution is 4.99. The zero-order valence-corrected chi connectivity index (χ0v) is 11.3. The molecule has 1 unspecified atom stereocenters. The zero-order valence-electron chi connectivity index (χ0n) is 11.3. The number of rotatable bonds is 5. The van der Waals surface area contributed by atoms with Crippen molar-refractivity contribution in [3.05, 3.63) is 18.0 Å². The molecule has 4 heteroatoms. The second-order valence-corrected chi connectivity index (χ2v) is 5.91. The van der Waals surface area contributed by atoms with Crippen molar-refractivity contribution in [1.82, 2.24) is 20.0 Å². The number of aromatic nitrogens is 2. The first-order valence-corrected chi connectivity index (χ1v) is 7.24. The molecule has 1 aromatic heterocycles. The van der Waals surface area contributed by atoms with Crippen LogP contribution in [0.5, 0.6) is 0 Å². The highest BCUT2D eigenvalue weighted by Gasteiger charge is 2.24. The van der Waals surface area contributed by atoms with Gasteiger partial charge in [0.1, 0.15) is 0 Å². The maximum absolute atomic E-state index is 4.47. The van der Waals surface area contributed by atoms with Gasteiger partial charge >= 0.3 is 0 Å². The first kappa shape index (κ1) is 12.2. The number of piperidine rings is 1. The van der Waals surface area contributed by atoms with Crippen molar-refractivity contribution >= 4 is 0 Å². The second-order valence-electron chi connectivity index (χ2n) is 5.91. The van der Waals surface area contributed by atoms with Gasteiger partial charge in [0.2, 0.25) is 0 Å². The van der Waals surface area contributed by atoms with Gasteiger partial charge in [0, 0.05) is 32.4 Å². The van der Waals surface area contributed by atoms with Gasteiger partial charge in [0.05, 0.1) is 5.69 Å². The topological polar surface area (TPSA) is 33.1 Å². The van der Waals surface area contributed by atoms with Crippen LogP contribution in [0.3, 0.4) is 0 Å². The van der Waals surface area contributed by atoms with Gasteiger partial charge in [-0.1, -0.05) is 0 Å². The van der Waals surface area contributed by atoms with Crippen LogP contribution in [-0.4, -0.2) is 40.4 Å². The largest absolute Gasteiger partial charge is 0.314 e. The van der Waals surface area contributed by atoms with Gasteiger partial charge in [-0.25, -0.2) is 0 Å². The van der Waals surface area contributed by atoms with Crippen molar-refractivity contribution in [2.24, 2.45) is 13.0 Å². The lowest BCUT2D eigenvalue weighted by Gasteiger charge is -2.32. The van der Waals surface area contributed by atoms with E-state index in [1.165, 1.54) is 51.0 Å². The van der Waals surface area contributed by atoms with Crippen LogP contribution in [0.1, 0.15) is 31.4 Å². The van der Waals surface area contributed by atoms with Crippen LogP contribution in [0.15, 0.2) is 12.3 Å². The minimum Gasteiger partial charge on any atom is -0.314 e. The molecule has 1 saturated carbocycles. The van der Waals surface area contributed by atoms with Crippen molar-refractivity contribution in [1.29, 1.82) is 0 Å². The molecule has 0 spiro atoms. The fraction of sp³-hybridized carbons (Fsp3) is 0.786. The first-order valence-electron chi connectivity index (χ1n) is 7.24. The van der Waals surface area contributed by atoms with E-state index in [0.717, 1.165) is 18.5 Å². The Balaban J connectivity index is 1.46. The van der Waals surface area contributed by atoms with E-state index in [0.29, 0.717) is 0 Å². The van der Waals surface area contributed by atoms with Crippen molar-refractivity contribution in [3.63, 3.8) is 0 Å². The normalized spacial score (nSPS) is 25.5. The predicted molar refractivity (Wildman–Crippen MR) is 72.2 cm³/mol. The molecule has 1 N–H and O–H groups in total. The molecule has 2 aliphatic rings.